The summed E-state index contributed by atoms with van der Waals surface area (Å²) in [5.74, 6) is 3.20. The molecule has 1 rings (SSSR count). The first-order valence-electron chi connectivity index (χ1n) is 5.01. The molecule has 0 radical (unpaired) electrons. The van der Waals surface area contributed by atoms with Gasteiger partial charge >= 0.3 is 0 Å². The van der Waals surface area contributed by atoms with Crippen molar-refractivity contribution in [3.63, 3.8) is 0 Å². The molecule has 0 amide bonds. The molecular formula is C13H16O2. The molecule has 0 aliphatic carbocycles. The molecule has 2 heteroatoms. The molecule has 0 saturated carbocycles. The normalized spacial score (nSPS) is 12.2. The highest BCUT2D eigenvalue weighted by Crippen LogP contribution is 2.21. The van der Waals surface area contributed by atoms with Crippen molar-refractivity contribution in [2.24, 2.45) is 0 Å². The Labute approximate surface area is 90.9 Å². The van der Waals surface area contributed by atoms with Crippen molar-refractivity contribution in [3.05, 3.63) is 29.8 Å². The van der Waals surface area contributed by atoms with Crippen LogP contribution >= 0.6 is 0 Å². The fourth-order valence-electron chi connectivity index (χ4n) is 1.30. The number of aliphatic hydroxyl groups is 1. The molecule has 1 aromatic carbocycles. The molecule has 0 heterocycles. The zero-order valence-corrected chi connectivity index (χ0v) is 9.10. The van der Waals surface area contributed by atoms with Crippen LogP contribution < -0.4 is 4.74 Å². The fraction of sp³-hybridized carbons (Fsp3) is 0.385. The second-order valence-corrected chi connectivity index (χ2v) is 3.66. The smallest absolute Gasteiger partial charge is 0.120 e. The van der Waals surface area contributed by atoms with Gasteiger partial charge in [0.05, 0.1) is 12.2 Å². The molecule has 1 aromatic rings. The van der Waals surface area contributed by atoms with Gasteiger partial charge < -0.3 is 9.84 Å². The highest BCUT2D eigenvalue weighted by molar-refractivity contribution is 5.30. The third-order valence-corrected chi connectivity index (χ3v) is 1.93. The van der Waals surface area contributed by atoms with Crippen LogP contribution in [-0.4, -0.2) is 11.2 Å². The largest absolute Gasteiger partial charge is 0.491 e. The maximum Gasteiger partial charge on any atom is 0.120 e. The number of ether oxygens (including phenoxy) is 1. The lowest BCUT2D eigenvalue weighted by molar-refractivity contribution is 0.182. The van der Waals surface area contributed by atoms with E-state index in [4.69, 9.17) is 11.2 Å². The Hall–Kier alpha value is -1.46. The van der Waals surface area contributed by atoms with Crippen LogP contribution in [0.15, 0.2) is 24.3 Å². The molecule has 0 saturated heterocycles. The van der Waals surface area contributed by atoms with Gasteiger partial charge in [0.15, 0.2) is 0 Å². The number of hydrogen-bond acceptors (Lipinski definition) is 2. The first kappa shape index (κ1) is 11.6. The lowest BCUT2D eigenvalue weighted by atomic mass is 10.1. The van der Waals surface area contributed by atoms with Crippen molar-refractivity contribution in [1.29, 1.82) is 0 Å². The molecule has 1 unspecified atom stereocenters. The standard InChI is InChI=1S/C13H16O2/c1-4-6-13(14)11-7-5-8-12(9-11)15-10(2)3/h1,5,7-10,13-14H,6H2,2-3H3. The van der Waals surface area contributed by atoms with E-state index in [1.807, 2.05) is 38.1 Å². The predicted molar refractivity (Wildman–Crippen MR) is 60.6 cm³/mol. The van der Waals surface area contributed by atoms with E-state index in [1.54, 1.807) is 0 Å². The van der Waals surface area contributed by atoms with Crippen molar-refractivity contribution in [3.8, 4) is 18.1 Å². The van der Waals surface area contributed by atoms with Crippen LogP contribution in [0.1, 0.15) is 31.9 Å². The highest BCUT2D eigenvalue weighted by Gasteiger charge is 2.07. The molecule has 2 nitrogen and oxygen atoms in total. The quantitative estimate of drug-likeness (QED) is 0.764. The van der Waals surface area contributed by atoms with Crippen LogP contribution in [-0.2, 0) is 0 Å². The second-order valence-electron chi connectivity index (χ2n) is 3.66. The summed E-state index contributed by atoms with van der Waals surface area (Å²) in [6.45, 7) is 3.93. The fourth-order valence-corrected chi connectivity index (χ4v) is 1.30. The van der Waals surface area contributed by atoms with E-state index < -0.39 is 6.10 Å². The molecule has 0 bridgehead atoms. The number of benzene rings is 1. The highest BCUT2D eigenvalue weighted by atomic mass is 16.5. The summed E-state index contributed by atoms with van der Waals surface area (Å²) in [5.41, 5.74) is 0.797. The van der Waals surface area contributed by atoms with Gasteiger partial charge in [-0.05, 0) is 31.5 Å². The summed E-state index contributed by atoms with van der Waals surface area (Å²) in [4.78, 5) is 0. The lowest BCUT2D eigenvalue weighted by Gasteiger charge is -2.12. The lowest BCUT2D eigenvalue weighted by Crippen LogP contribution is -2.06. The molecule has 0 aliphatic rings. The van der Waals surface area contributed by atoms with Crippen molar-refractivity contribution in [1.82, 2.24) is 0 Å². The van der Waals surface area contributed by atoms with Crippen molar-refractivity contribution in [2.75, 3.05) is 0 Å². The molecule has 1 atom stereocenters. The average molecular weight is 204 g/mol. The van der Waals surface area contributed by atoms with Crippen molar-refractivity contribution < 1.29 is 9.84 Å². The second kappa shape index (κ2) is 5.43. The van der Waals surface area contributed by atoms with Crippen LogP contribution in [0.4, 0.5) is 0 Å². The van der Waals surface area contributed by atoms with Crippen molar-refractivity contribution >= 4 is 0 Å². The first-order chi connectivity index (χ1) is 7.13. The first-order valence-corrected chi connectivity index (χ1v) is 5.01. The minimum Gasteiger partial charge on any atom is -0.491 e. The SMILES string of the molecule is C#CCC(O)c1cccc(OC(C)C)c1. The monoisotopic (exact) mass is 204 g/mol. The van der Waals surface area contributed by atoms with Gasteiger partial charge in [-0.1, -0.05) is 12.1 Å². The molecule has 0 aromatic heterocycles. The number of hydrogen-bond donors (Lipinski definition) is 1. The summed E-state index contributed by atoms with van der Waals surface area (Å²) in [6.07, 6.45) is 4.99. The average Bonchev–Trinajstić information content (AvgIpc) is 2.17. The van der Waals surface area contributed by atoms with E-state index >= 15 is 0 Å². The number of rotatable bonds is 4. The Morgan fingerprint density at radius 1 is 1.47 bits per heavy atom. The summed E-state index contributed by atoms with van der Waals surface area (Å²) in [6, 6.07) is 7.38. The Kier molecular flexibility index (Phi) is 4.20. The number of terminal acetylenes is 1. The zero-order valence-electron chi connectivity index (χ0n) is 9.10. The van der Waals surface area contributed by atoms with Crippen LogP contribution in [0, 0.1) is 12.3 Å². The van der Waals surface area contributed by atoms with E-state index in [2.05, 4.69) is 5.92 Å². The van der Waals surface area contributed by atoms with E-state index in [0.717, 1.165) is 11.3 Å². The molecule has 0 spiro atoms. The van der Waals surface area contributed by atoms with E-state index in [9.17, 15) is 5.11 Å². The predicted octanol–water partition coefficient (Wildman–Crippen LogP) is 2.53. The third kappa shape index (κ3) is 3.65. The van der Waals surface area contributed by atoms with Gasteiger partial charge in [0.2, 0.25) is 0 Å². The third-order valence-electron chi connectivity index (χ3n) is 1.93. The Bertz CT molecular complexity index is 350. The maximum atomic E-state index is 9.68. The van der Waals surface area contributed by atoms with E-state index in [0.29, 0.717) is 6.42 Å². The van der Waals surface area contributed by atoms with Gasteiger partial charge in [-0.3, -0.25) is 0 Å². The Balaban J connectivity index is 2.78. The molecular weight excluding hydrogens is 188 g/mol. The van der Waals surface area contributed by atoms with Gasteiger partial charge in [0.1, 0.15) is 5.75 Å². The molecule has 15 heavy (non-hydrogen) atoms. The van der Waals surface area contributed by atoms with Gasteiger partial charge in [0, 0.05) is 6.42 Å². The zero-order chi connectivity index (χ0) is 11.3. The summed E-state index contributed by atoms with van der Waals surface area (Å²) >= 11 is 0. The molecule has 0 aliphatic heterocycles. The van der Waals surface area contributed by atoms with Crippen LogP contribution in [0.2, 0.25) is 0 Å². The number of aliphatic hydroxyl groups excluding tert-OH is 1. The Morgan fingerprint density at radius 2 is 2.20 bits per heavy atom. The maximum absolute atomic E-state index is 9.68. The van der Waals surface area contributed by atoms with Gasteiger partial charge in [-0.15, -0.1) is 12.3 Å². The topological polar surface area (TPSA) is 29.5 Å². The van der Waals surface area contributed by atoms with Crippen LogP contribution in [0.25, 0.3) is 0 Å². The van der Waals surface area contributed by atoms with Gasteiger partial charge in [-0.2, -0.15) is 0 Å². The molecule has 1 N–H and O–H groups in total. The van der Waals surface area contributed by atoms with Crippen LogP contribution in [0.3, 0.4) is 0 Å². The van der Waals surface area contributed by atoms with Gasteiger partial charge in [0.25, 0.3) is 0 Å². The molecule has 80 valence electrons. The van der Waals surface area contributed by atoms with E-state index in [-0.39, 0.29) is 6.10 Å². The van der Waals surface area contributed by atoms with Crippen LogP contribution in [0.5, 0.6) is 5.75 Å². The molecule has 0 fully saturated rings. The summed E-state index contributed by atoms with van der Waals surface area (Å²) < 4.78 is 5.52. The Morgan fingerprint density at radius 3 is 2.80 bits per heavy atom. The van der Waals surface area contributed by atoms with Gasteiger partial charge in [-0.25, -0.2) is 0 Å². The van der Waals surface area contributed by atoms with Crippen molar-refractivity contribution in [2.45, 2.75) is 32.5 Å². The minimum atomic E-state index is -0.606. The minimum absolute atomic E-state index is 0.130. The van der Waals surface area contributed by atoms with E-state index in [1.165, 1.54) is 0 Å². The summed E-state index contributed by atoms with van der Waals surface area (Å²) in [7, 11) is 0. The summed E-state index contributed by atoms with van der Waals surface area (Å²) in [5, 5.41) is 9.68.